The Kier molecular flexibility index (Phi) is 5.93. The summed E-state index contributed by atoms with van der Waals surface area (Å²) in [5, 5.41) is 11.8. The van der Waals surface area contributed by atoms with E-state index < -0.39 is 12.1 Å². The van der Waals surface area contributed by atoms with Crippen molar-refractivity contribution in [3.63, 3.8) is 0 Å². The number of carbonyl (C=O) groups is 1. The molecule has 0 unspecified atom stereocenters. The van der Waals surface area contributed by atoms with E-state index in [4.69, 9.17) is 10.00 Å². The Bertz CT molecular complexity index is 524. The lowest BCUT2D eigenvalue weighted by Gasteiger charge is -2.32. The molecule has 1 aliphatic rings. The summed E-state index contributed by atoms with van der Waals surface area (Å²) in [6.45, 7) is 6.53. The van der Waals surface area contributed by atoms with Gasteiger partial charge in [-0.1, -0.05) is 44.2 Å². The second kappa shape index (κ2) is 7.92. The minimum absolute atomic E-state index is 0.0814. The Morgan fingerprint density at radius 3 is 2.82 bits per heavy atom. The molecule has 1 amide bonds. The first-order valence-electron chi connectivity index (χ1n) is 7.68. The Hall–Kier alpha value is -1.90. The third-order valence-corrected chi connectivity index (χ3v) is 3.80. The number of nitrogens with zero attached hydrogens (tertiary/aromatic N) is 2. The first-order chi connectivity index (χ1) is 10.6. The van der Waals surface area contributed by atoms with Gasteiger partial charge in [0, 0.05) is 19.6 Å². The molecule has 1 saturated heterocycles. The van der Waals surface area contributed by atoms with Crippen LogP contribution in [0.15, 0.2) is 30.3 Å². The maximum atomic E-state index is 12.3. The Morgan fingerprint density at radius 1 is 1.45 bits per heavy atom. The smallest absolute Gasteiger partial charge is 0.251 e. The van der Waals surface area contributed by atoms with Gasteiger partial charge in [0.2, 0.25) is 0 Å². The van der Waals surface area contributed by atoms with Crippen molar-refractivity contribution in [2.75, 3.05) is 19.7 Å². The zero-order valence-electron chi connectivity index (χ0n) is 13.2. The molecule has 118 valence electrons. The predicted molar refractivity (Wildman–Crippen MR) is 83.8 cm³/mol. The van der Waals surface area contributed by atoms with Crippen LogP contribution in [0.2, 0.25) is 0 Å². The number of ether oxygens (including phenoxy) is 1. The average Bonchev–Trinajstić information content (AvgIpc) is 2.53. The molecule has 0 spiro atoms. The fourth-order valence-electron chi connectivity index (χ4n) is 2.44. The molecule has 22 heavy (non-hydrogen) atoms. The highest BCUT2D eigenvalue weighted by molar-refractivity contribution is 5.81. The third-order valence-electron chi connectivity index (χ3n) is 3.80. The van der Waals surface area contributed by atoms with Crippen LogP contribution in [0.3, 0.4) is 0 Å². The molecule has 5 heteroatoms. The lowest BCUT2D eigenvalue weighted by molar-refractivity contribution is -0.139. The summed E-state index contributed by atoms with van der Waals surface area (Å²) in [5.41, 5.74) is 1.22. The average molecular weight is 301 g/mol. The predicted octanol–water partition coefficient (Wildman–Crippen LogP) is 1.55. The molecule has 2 rings (SSSR count). The second-order valence-corrected chi connectivity index (χ2v) is 5.94. The Labute approximate surface area is 131 Å². The topological polar surface area (TPSA) is 65.4 Å². The summed E-state index contributed by atoms with van der Waals surface area (Å²) in [4.78, 5) is 14.5. The molecule has 2 atom stereocenters. The van der Waals surface area contributed by atoms with Crippen molar-refractivity contribution >= 4 is 5.91 Å². The van der Waals surface area contributed by atoms with E-state index in [1.165, 1.54) is 5.56 Å². The van der Waals surface area contributed by atoms with Crippen molar-refractivity contribution in [2.45, 2.75) is 32.5 Å². The van der Waals surface area contributed by atoms with Crippen molar-refractivity contribution in [2.24, 2.45) is 5.92 Å². The van der Waals surface area contributed by atoms with Crippen LogP contribution in [-0.4, -0.2) is 42.6 Å². The highest BCUT2D eigenvalue weighted by atomic mass is 16.5. The van der Waals surface area contributed by atoms with Crippen molar-refractivity contribution in [1.29, 1.82) is 5.26 Å². The standard InChI is InChI=1S/C17H23N3O2/c1-13(2)15(10-18)19-17(21)16-12-20(8-9-22-16)11-14-6-4-3-5-7-14/h3-7,13,15-16H,8-9,11-12H2,1-2H3,(H,19,21)/t15-,16-/m0/s1. The lowest BCUT2D eigenvalue weighted by Crippen LogP contribution is -2.52. The quantitative estimate of drug-likeness (QED) is 0.896. The second-order valence-electron chi connectivity index (χ2n) is 5.94. The van der Waals surface area contributed by atoms with Crippen LogP contribution in [0.5, 0.6) is 0 Å². The van der Waals surface area contributed by atoms with Crippen LogP contribution >= 0.6 is 0 Å². The summed E-state index contributed by atoms with van der Waals surface area (Å²) in [5.74, 6) is -0.115. The number of rotatable bonds is 5. The number of benzene rings is 1. The SMILES string of the molecule is CC(C)[C@H](C#N)NC(=O)[C@@H]1CN(Cc2ccccc2)CCO1. The molecular formula is C17H23N3O2. The number of hydrogen-bond acceptors (Lipinski definition) is 4. The van der Waals surface area contributed by atoms with Crippen LogP contribution < -0.4 is 5.32 Å². The summed E-state index contributed by atoms with van der Waals surface area (Å²) in [7, 11) is 0. The van der Waals surface area contributed by atoms with Crippen molar-refractivity contribution in [3.8, 4) is 6.07 Å². The molecule has 0 aliphatic carbocycles. The van der Waals surface area contributed by atoms with E-state index in [-0.39, 0.29) is 11.8 Å². The van der Waals surface area contributed by atoms with Gasteiger partial charge in [0.15, 0.2) is 0 Å². The molecule has 1 aliphatic heterocycles. The number of hydrogen-bond donors (Lipinski definition) is 1. The van der Waals surface area contributed by atoms with E-state index in [0.717, 1.165) is 13.1 Å². The van der Waals surface area contributed by atoms with Crippen molar-refractivity contribution in [3.05, 3.63) is 35.9 Å². The van der Waals surface area contributed by atoms with E-state index >= 15 is 0 Å². The summed E-state index contributed by atoms with van der Waals surface area (Å²) < 4.78 is 5.57. The van der Waals surface area contributed by atoms with Gasteiger partial charge in [-0.3, -0.25) is 9.69 Å². The number of nitrogens with one attached hydrogen (secondary N) is 1. The molecule has 1 heterocycles. The van der Waals surface area contributed by atoms with Gasteiger partial charge in [0.05, 0.1) is 12.7 Å². The number of nitriles is 1. The summed E-state index contributed by atoms with van der Waals surface area (Å²) in [6, 6.07) is 11.8. The van der Waals surface area contributed by atoms with Gasteiger partial charge in [-0.05, 0) is 11.5 Å². The monoisotopic (exact) mass is 301 g/mol. The number of amides is 1. The van der Waals surface area contributed by atoms with E-state index in [2.05, 4.69) is 28.4 Å². The van der Waals surface area contributed by atoms with Crippen LogP contribution in [0.25, 0.3) is 0 Å². The summed E-state index contributed by atoms with van der Waals surface area (Å²) in [6.07, 6.45) is -0.507. The van der Waals surface area contributed by atoms with Gasteiger partial charge in [-0.15, -0.1) is 0 Å². The molecule has 0 bridgehead atoms. The van der Waals surface area contributed by atoms with Gasteiger partial charge in [-0.25, -0.2) is 0 Å². The first kappa shape index (κ1) is 16.5. The number of morpholine rings is 1. The molecular weight excluding hydrogens is 278 g/mol. The van der Waals surface area contributed by atoms with Gasteiger partial charge in [0.25, 0.3) is 5.91 Å². The van der Waals surface area contributed by atoms with Crippen LogP contribution in [0.4, 0.5) is 0 Å². The first-order valence-corrected chi connectivity index (χ1v) is 7.68. The zero-order valence-corrected chi connectivity index (χ0v) is 13.2. The maximum absolute atomic E-state index is 12.3. The highest BCUT2D eigenvalue weighted by Gasteiger charge is 2.28. The molecule has 1 aromatic carbocycles. The van der Waals surface area contributed by atoms with Gasteiger partial charge in [-0.2, -0.15) is 5.26 Å². The van der Waals surface area contributed by atoms with Crippen molar-refractivity contribution in [1.82, 2.24) is 10.2 Å². The molecule has 1 N–H and O–H groups in total. The third kappa shape index (κ3) is 4.55. The van der Waals surface area contributed by atoms with Gasteiger partial charge >= 0.3 is 0 Å². The van der Waals surface area contributed by atoms with E-state index in [1.807, 2.05) is 32.0 Å². The van der Waals surface area contributed by atoms with Crippen molar-refractivity contribution < 1.29 is 9.53 Å². The minimum Gasteiger partial charge on any atom is -0.366 e. The van der Waals surface area contributed by atoms with Gasteiger partial charge in [0.1, 0.15) is 12.1 Å². The molecule has 0 saturated carbocycles. The highest BCUT2D eigenvalue weighted by Crippen LogP contribution is 2.11. The molecule has 1 aromatic rings. The fraction of sp³-hybridized carbons (Fsp3) is 0.529. The normalized spacial score (nSPS) is 20.4. The summed E-state index contributed by atoms with van der Waals surface area (Å²) >= 11 is 0. The molecule has 5 nitrogen and oxygen atoms in total. The van der Waals surface area contributed by atoms with Crippen LogP contribution in [0.1, 0.15) is 19.4 Å². The lowest BCUT2D eigenvalue weighted by atomic mass is 10.1. The molecule has 1 fully saturated rings. The fourth-order valence-corrected chi connectivity index (χ4v) is 2.44. The molecule has 0 aromatic heterocycles. The largest absolute Gasteiger partial charge is 0.366 e. The zero-order chi connectivity index (χ0) is 15.9. The number of carbonyl (C=O) groups excluding carboxylic acids is 1. The maximum Gasteiger partial charge on any atom is 0.251 e. The van der Waals surface area contributed by atoms with Gasteiger partial charge < -0.3 is 10.1 Å². The minimum atomic E-state index is -0.507. The van der Waals surface area contributed by atoms with Crippen LogP contribution in [0, 0.1) is 17.2 Å². The van der Waals surface area contributed by atoms with E-state index in [9.17, 15) is 4.79 Å². The van der Waals surface area contributed by atoms with E-state index in [0.29, 0.717) is 13.2 Å². The van der Waals surface area contributed by atoms with Crippen LogP contribution in [-0.2, 0) is 16.1 Å². The van der Waals surface area contributed by atoms with E-state index in [1.54, 1.807) is 0 Å². The Balaban J connectivity index is 1.90. The Morgan fingerprint density at radius 2 is 2.18 bits per heavy atom. The molecule has 0 radical (unpaired) electrons.